The average Bonchev–Trinajstić information content (AvgIpc) is 2.77. The van der Waals surface area contributed by atoms with Crippen molar-refractivity contribution in [3.8, 4) is 5.75 Å². The van der Waals surface area contributed by atoms with Crippen LogP contribution in [0.5, 0.6) is 5.75 Å². The van der Waals surface area contributed by atoms with Crippen LogP contribution in [0.1, 0.15) is 54.0 Å². The molecule has 4 rings (SSSR count). The van der Waals surface area contributed by atoms with E-state index in [1.54, 1.807) is 0 Å². The first-order valence-corrected chi connectivity index (χ1v) is 13.8. The van der Waals surface area contributed by atoms with Gasteiger partial charge in [-0.25, -0.2) is 13.1 Å². The van der Waals surface area contributed by atoms with Gasteiger partial charge in [-0.15, -0.1) is 0 Å². The van der Waals surface area contributed by atoms with Gasteiger partial charge in [0.1, 0.15) is 12.4 Å². The minimum atomic E-state index is -3.26. The number of hydrogen-bond donors (Lipinski definition) is 3. The van der Waals surface area contributed by atoms with E-state index in [-0.39, 0.29) is 23.8 Å². The van der Waals surface area contributed by atoms with Gasteiger partial charge >= 0.3 is 0 Å². The number of hydrogen-bond acceptors (Lipinski definition) is 5. The van der Waals surface area contributed by atoms with Gasteiger partial charge in [0.25, 0.3) is 0 Å². The molecular weight excluding hydrogens is 434 g/mol. The van der Waals surface area contributed by atoms with Crippen LogP contribution >= 0.6 is 0 Å². The van der Waals surface area contributed by atoms with Crippen molar-refractivity contribution in [1.82, 2.24) is 15.4 Å². The monoisotopic (exact) mass is 471 g/mol. The fraction of sp³-hybridized carbons (Fsp3) is 0.538. The fourth-order valence-electron chi connectivity index (χ4n) is 5.18. The Labute approximate surface area is 198 Å². The van der Waals surface area contributed by atoms with Crippen LogP contribution < -0.4 is 20.1 Å². The number of rotatable bonds is 11. The molecule has 7 heteroatoms. The zero-order chi connectivity index (χ0) is 23.3. The lowest BCUT2D eigenvalue weighted by Gasteiger charge is -2.50. The molecular formula is C26H37N3O3S. The predicted molar refractivity (Wildman–Crippen MR) is 133 cm³/mol. The van der Waals surface area contributed by atoms with E-state index < -0.39 is 10.0 Å². The molecule has 1 unspecified atom stereocenters. The van der Waals surface area contributed by atoms with Crippen LogP contribution in [-0.2, 0) is 21.9 Å². The van der Waals surface area contributed by atoms with Gasteiger partial charge in [0.2, 0.25) is 10.0 Å². The van der Waals surface area contributed by atoms with Crippen molar-refractivity contribution in [2.75, 3.05) is 39.0 Å². The summed E-state index contributed by atoms with van der Waals surface area (Å²) in [5, 5.41) is 6.78. The molecule has 1 aliphatic carbocycles. The van der Waals surface area contributed by atoms with E-state index in [0.29, 0.717) is 19.6 Å². The molecule has 1 heterocycles. The zero-order valence-corrected chi connectivity index (χ0v) is 20.6. The van der Waals surface area contributed by atoms with Crippen molar-refractivity contribution in [2.45, 2.75) is 50.5 Å². The second kappa shape index (κ2) is 10.6. The highest BCUT2D eigenvalue weighted by molar-refractivity contribution is 7.89. The third kappa shape index (κ3) is 5.60. The largest absolute Gasteiger partial charge is 0.492 e. The second-order valence-electron chi connectivity index (χ2n) is 9.39. The molecule has 0 spiro atoms. The molecule has 1 atom stereocenters. The quantitative estimate of drug-likeness (QED) is 0.439. The van der Waals surface area contributed by atoms with Crippen molar-refractivity contribution in [3.05, 3.63) is 64.7 Å². The first-order chi connectivity index (χ1) is 15.9. The normalized spacial score (nSPS) is 19.5. The molecule has 0 radical (unpaired) electrons. The zero-order valence-electron chi connectivity index (χ0n) is 19.8. The van der Waals surface area contributed by atoms with Crippen molar-refractivity contribution >= 4 is 10.0 Å². The lowest BCUT2D eigenvalue weighted by Crippen LogP contribution is -2.49. The van der Waals surface area contributed by atoms with E-state index in [4.69, 9.17) is 4.74 Å². The lowest BCUT2D eigenvalue weighted by atomic mass is 9.58. The Morgan fingerprint density at radius 2 is 1.91 bits per heavy atom. The molecule has 2 aliphatic rings. The summed E-state index contributed by atoms with van der Waals surface area (Å²) in [4.78, 5) is 0. The average molecular weight is 472 g/mol. The highest BCUT2D eigenvalue weighted by atomic mass is 32.2. The summed E-state index contributed by atoms with van der Waals surface area (Å²) in [5.74, 6) is 0.927. The molecule has 0 saturated heterocycles. The van der Waals surface area contributed by atoms with Crippen LogP contribution in [0.4, 0.5) is 0 Å². The summed E-state index contributed by atoms with van der Waals surface area (Å²) in [7, 11) is -1.44. The summed E-state index contributed by atoms with van der Waals surface area (Å²) in [6.45, 7) is 4.39. The van der Waals surface area contributed by atoms with Crippen molar-refractivity contribution in [3.63, 3.8) is 0 Å². The smallest absolute Gasteiger partial charge is 0.211 e. The van der Waals surface area contributed by atoms with Crippen LogP contribution in [0.2, 0.25) is 0 Å². The first kappa shape index (κ1) is 24.2. The van der Waals surface area contributed by atoms with Crippen LogP contribution in [0.3, 0.4) is 0 Å². The summed E-state index contributed by atoms with van der Waals surface area (Å²) < 4.78 is 32.7. The van der Waals surface area contributed by atoms with E-state index in [1.807, 2.05) is 13.1 Å². The van der Waals surface area contributed by atoms with E-state index in [9.17, 15) is 8.42 Å². The Balaban J connectivity index is 1.44. The molecule has 2 aromatic rings. The van der Waals surface area contributed by atoms with Crippen molar-refractivity contribution in [1.29, 1.82) is 0 Å². The van der Waals surface area contributed by atoms with E-state index >= 15 is 0 Å². The number of benzene rings is 2. The summed E-state index contributed by atoms with van der Waals surface area (Å²) in [6.07, 6.45) is 5.24. The third-order valence-electron chi connectivity index (χ3n) is 7.13. The molecule has 1 saturated carbocycles. The molecule has 2 aromatic carbocycles. The Morgan fingerprint density at radius 3 is 2.61 bits per heavy atom. The SMILES string of the molecule is CNCCCS(=O)(=O)NCCOc1ccc2c(c1)C(C1(c3ccc(C)cc3)CCC1)NCC2. The fourth-order valence-corrected chi connectivity index (χ4v) is 6.24. The van der Waals surface area contributed by atoms with Gasteiger partial charge in [0.05, 0.1) is 5.75 Å². The van der Waals surface area contributed by atoms with E-state index in [1.165, 1.54) is 41.5 Å². The minimum absolute atomic E-state index is 0.126. The Kier molecular flexibility index (Phi) is 7.74. The predicted octanol–water partition coefficient (Wildman–Crippen LogP) is 3.21. The standard InChI is InChI=1S/C26H37N3O3S/c1-20-5-8-22(9-6-20)26(12-3-13-26)25-24-19-23(10-7-21(24)11-15-28-25)32-17-16-29-33(30,31)18-4-14-27-2/h5-10,19,25,27-29H,3-4,11-18H2,1-2H3. The summed E-state index contributed by atoms with van der Waals surface area (Å²) >= 11 is 0. The van der Waals surface area contributed by atoms with Gasteiger partial charge in [-0.3, -0.25) is 0 Å². The highest BCUT2D eigenvalue weighted by Gasteiger charge is 2.47. The highest BCUT2D eigenvalue weighted by Crippen LogP contribution is 2.53. The third-order valence-corrected chi connectivity index (χ3v) is 8.60. The van der Waals surface area contributed by atoms with Crippen LogP contribution in [0.25, 0.3) is 0 Å². The second-order valence-corrected chi connectivity index (χ2v) is 11.3. The molecule has 3 N–H and O–H groups in total. The van der Waals surface area contributed by atoms with E-state index in [0.717, 1.165) is 18.7 Å². The van der Waals surface area contributed by atoms with Gasteiger partial charge in [0.15, 0.2) is 0 Å². The Bertz CT molecular complexity index is 1030. The van der Waals surface area contributed by atoms with Crippen LogP contribution in [-0.4, -0.2) is 47.5 Å². The van der Waals surface area contributed by atoms with Gasteiger partial charge in [0, 0.05) is 18.0 Å². The summed E-state index contributed by atoms with van der Waals surface area (Å²) in [6, 6.07) is 15.7. The molecule has 6 nitrogen and oxygen atoms in total. The molecule has 180 valence electrons. The van der Waals surface area contributed by atoms with Crippen molar-refractivity contribution < 1.29 is 13.2 Å². The molecule has 33 heavy (non-hydrogen) atoms. The molecule has 0 aromatic heterocycles. The number of nitrogens with one attached hydrogen (secondary N) is 3. The molecule has 0 bridgehead atoms. The van der Waals surface area contributed by atoms with Crippen LogP contribution in [0.15, 0.2) is 42.5 Å². The van der Waals surface area contributed by atoms with Gasteiger partial charge < -0.3 is 15.4 Å². The molecule has 1 fully saturated rings. The maximum absolute atomic E-state index is 12.1. The first-order valence-electron chi connectivity index (χ1n) is 12.1. The van der Waals surface area contributed by atoms with Crippen LogP contribution in [0, 0.1) is 6.92 Å². The van der Waals surface area contributed by atoms with Gasteiger partial charge in [-0.05, 0) is 81.6 Å². The topological polar surface area (TPSA) is 79.5 Å². The number of fused-ring (bicyclic) bond motifs is 1. The lowest BCUT2D eigenvalue weighted by molar-refractivity contribution is 0.164. The molecule has 1 aliphatic heterocycles. The van der Waals surface area contributed by atoms with E-state index in [2.05, 4.69) is 58.7 Å². The summed E-state index contributed by atoms with van der Waals surface area (Å²) in [5.41, 5.74) is 5.55. The number of aryl methyl sites for hydroxylation is 1. The number of sulfonamides is 1. The van der Waals surface area contributed by atoms with Gasteiger partial charge in [-0.2, -0.15) is 0 Å². The maximum Gasteiger partial charge on any atom is 0.211 e. The Morgan fingerprint density at radius 1 is 1.12 bits per heavy atom. The van der Waals surface area contributed by atoms with Crippen molar-refractivity contribution in [2.24, 2.45) is 0 Å². The molecule has 0 amide bonds. The minimum Gasteiger partial charge on any atom is -0.492 e. The number of ether oxygens (including phenoxy) is 1. The maximum atomic E-state index is 12.1. The Hall–Kier alpha value is -1.93. The van der Waals surface area contributed by atoms with Gasteiger partial charge in [-0.1, -0.05) is 42.3 Å².